The summed E-state index contributed by atoms with van der Waals surface area (Å²) < 4.78 is 12.1. The minimum Gasteiger partial charge on any atom is -0.485 e. The molecule has 0 aliphatic carbocycles. The van der Waals surface area contributed by atoms with Crippen molar-refractivity contribution in [3.8, 4) is 5.75 Å². The Morgan fingerprint density at radius 1 is 1.26 bits per heavy atom. The van der Waals surface area contributed by atoms with Crippen LogP contribution in [0.5, 0.6) is 5.75 Å². The number of rotatable bonds is 5. The maximum Gasteiger partial charge on any atom is 0.148 e. The summed E-state index contributed by atoms with van der Waals surface area (Å²) in [4.78, 5) is 0. The fraction of sp³-hybridized carbons (Fsp3) is 0.333. The molecule has 19 heavy (non-hydrogen) atoms. The van der Waals surface area contributed by atoms with E-state index in [9.17, 15) is 0 Å². The van der Waals surface area contributed by atoms with Gasteiger partial charge in [-0.25, -0.2) is 4.63 Å². The first kappa shape index (κ1) is 14.5. The molecule has 0 saturated heterocycles. The lowest BCUT2D eigenvalue weighted by molar-refractivity contribution is 0.268. The van der Waals surface area contributed by atoms with Crippen LogP contribution in [0.25, 0.3) is 0 Å². The minimum atomic E-state index is 0.308. The highest BCUT2D eigenvalue weighted by Gasteiger charge is 2.12. The first-order valence-corrected chi connectivity index (χ1v) is 7.29. The Bertz CT molecular complexity index is 549. The van der Waals surface area contributed by atoms with Gasteiger partial charge in [0.2, 0.25) is 0 Å². The lowest BCUT2D eigenvalue weighted by Gasteiger charge is -2.11. The summed E-state index contributed by atoms with van der Waals surface area (Å²) >= 11 is 6.99. The van der Waals surface area contributed by atoms with E-state index < -0.39 is 0 Å². The Kier molecular flexibility index (Phi) is 4.95. The number of ether oxygens (including phenoxy) is 1. The summed E-state index contributed by atoms with van der Waals surface area (Å²) in [5.74, 6) is 0.725. The SMILES string of the molecule is Cc1nonc1COc1c(Br)cc(CCN)cc1Br. The van der Waals surface area contributed by atoms with E-state index in [-0.39, 0.29) is 0 Å². The van der Waals surface area contributed by atoms with E-state index in [1.54, 1.807) is 0 Å². The summed E-state index contributed by atoms with van der Waals surface area (Å²) in [5, 5.41) is 7.49. The standard InChI is InChI=1S/C12H13Br2N3O2/c1-7-11(17-19-16-7)6-18-12-9(13)4-8(2-3-15)5-10(12)14/h4-5H,2-3,6,15H2,1H3. The third-order valence-corrected chi connectivity index (χ3v) is 3.77. The number of nitrogens with two attached hydrogens (primary N) is 1. The molecule has 5 nitrogen and oxygen atoms in total. The van der Waals surface area contributed by atoms with Crippen LogP contribution in [0.2, 0.25) is 0 Å². The molecule has 2 aromatic rings. The van der Waals surface area contributed by atoms with Gasteiger partial charge in [-0.2, -0.15) is 0 Å². The number of hydrogen-bond acceptors (Lipinski definition) is 5. The second-order valence-electron chi connectivity index (χ2n) is 4.01. The van der Waals surface area contributed by atoms with Gasteiger partial charge in [-0.05, 0) is 69.4 Å². The molecule has 1 aromatic heterocycles. The van der Waals surface area contributed by atoms with Gasteiger partial charge >= 0.3 is 0 Å². The highest BCUT2D eigenvalue weighted by atomic mass is 79.9. The number of aryl methyl sites for hydroxylation is 1. The molecule has 0 saturated carbocycles. The van der Waals surface area contributed by atoms with Crippen LogP contribution in [0.4, 0.5) is 0 Å². The van der Waals surface area contributed by atoms with Crippen molar-refractivity contribution in [1.82, 2.24) is 10.3 Å². The van der Waals surface area contributed by atoms with Gasteiger partial charge in [0.15, 0.2) is 0 Å². The monoisotopic (exact) mass is 389 g/mol. The van der Waals surface area contributed by atoms with Gasteiger partial charge in [0, 0.05) is 0 Å². The third-order valence-electron chi connectivity index (χ3n) is 2.59. The van der Waals surface area contributed by atoms with E-state index in [4.69, 9.17) is 10.5 Å². The molecule has 0 fully saturated rings. The highest BCUT2D eigenvalue weighted by Crippen LogP contribution is 2.35. The topological polar surface area (TPSA) is 74.2 Å². The van der Waals surface area contributed by atoms with Crippen LogP contribution in [-0.2, 0) is 13.0 Å². The Morgan fingerprint density at radius 3 is 2.47 bits per heavy atom. The molecule has 0 spiro atoms. The van der Waals surface area contributed by atoms with Gasteiger partial charge in [-0.3, -0.25) is 0 Å². The van der Waals surface area contributed by atoms with Crippen LogP contribution in [-0.4, -0.2) is 16.9 Å². The van der Waals surface area contributed by atoms with Crippen molar-refractivity contribution in [2.24, 2.45) is 5.73 Å². The average molecular weight is 391 g/mol. The summed E-state index contributed by atoms with van der Waals surface area (Å²) in [6.07, 6.45) is 0.823. The fourth-order valence-electron chi connectivity index (χ4n) is 1.58. The molecule has 1 heterocycles. The van der Waals surface area contributed by atoms with Gasteiger partial charge < -0.3 is 10.5 Å². The molecular formula is C12H13Br2N3O2. The first-order valence-electron chi connectivity index (χ1n) is 5.70. The number of nitrogens with zero attached hydrogens (tertiary/aromatic N) is 2. The van der Waals surface area contributed by atoms with Crippen molar-refractivity contribution in [2.75, 3.05) is 6.54 Å². The maximum absolute atomic E-state index is 5.74. The molecular weight excluding hydrogens is 378 g/mol. The van der Waals surface area contributed by atoms with Gasteiger partial charge in [0.05, 0.1) is 8.95 Å². The molecule has 0 aliphatic heterocycles. The zero-order valence-corrected chi connectivity index (χ0v) is 13.5. The van der Waals surface area contributed by atoms with Crippen molar-refractivity contribution in [3.05, 3.63) is 38.0 Å². The van der Waals surface area contributed by atoms with E-state index in [1.165, 1.54) is 0 Å². The molecule has 0 atom stereocenters. The van der Waals surface area contributed by atoms with Crippen molar-refractivity contribution in [2.45, 2.75) is 20.0 Å². The summed E-state index contributed by atoms with van der Waals surface area (Å²) in [5.41, 5.74) is 8.11. The number of benzene rings is 1. The van der Waals surface area contributed by atoms with Crippen LogP contribution in [0.1, 0.15) is 17.0 Å². The Balaban J connectivity index is 2.14. The third kappa shape index (κ3) is 3.55. The van der Waals surface area contributed by atoms with Gasteiger partial charge in [0.1, 0.15) is 23.7 Å². The van der Waals surface area contributed by atoms with Crippen LogP contribution in [0.3, 0.4) is 0 Å². The second-order valence-corrected chi connectivity index (χ2v) is 5.72. The number of hydrogen-bond donors (Lipinski definition) is 1. The predicted molar refractivity (Wildman–Crippen MR) is 78.0 cm³/mol. The van der Waals surface area contributed by atoms with Crippen LogP contribution in [0.15, 0.2) is 25.7 Å². The van der Waals surface area contributed by atoms with E-state index in [1.807, 2.05) is 19.1 Å². The van der Waals surface area contributed by atoms with E-state index in [0.717, 1.165) is 32.4 Å². The van der Waals surface area contributed by atoms with Crippen LogP contribution >= 0.6 is 31.9 Å². The number of aromatic nitrogens is 2. The molecule has 0 aliphatic rings. The molecule has 0 radical (unpaired) electrons. The fourth-order valence-corrected chi connectivity index (χ4v) is 3.09. The lowest BCUT2D eigenvalue weighted by atomic mass is 10.1. The van der Waals surface area contributed by atoms with Crippen molar-refractivity contribution >= 4 is 31.9 Å². The molecule has 0 bridgehead atoms. The lowest BCUT2D eigenvalue weighted by Crippen LogP contribution is -2.04. The molecule has 2 rings (SSSR count). The number of halogens is 2. The van der Waals surface area contributed by atoms with Crippen LogP contribution < -0.4 is 10.5 Å². The first-order chi connectivity index (χ1) is 9.11. The van der Waals surface area contributed by atoms with E-state index >= 15 is 0 Å². The quantitative estimate of drug-likeness (QED) is 0.849. The zero-order valence-electron chi connectivity index (χ0n) is 10.3. The highest BCUT2D eigenvalue weighted by molar-refractivity contribution is 9.11. The minimum absolute atomic E-state index is 0.308. The van der Waals surface area contributed by atoms with Crippen molar-refractivity contribution in [3.63, 3.8) is 0 Å². The van der Waals surface area contributed by atoms with E-state index in [0.29, 0.717) is 18.8 Å². The zero-order chi connectivity index (χ0) is 13.8. The molecule has 102 valence electrons. The summed E-state index contributed by atoms with van der Waals surface area (Å²) in [7, 11) is 0. The summed E-state index contributed by atoms with van der Waals surface area (Å²) in [6.45, 7) is 2.75. The molecule has 1 aromatic carbocycles. The molecule has 7 heteroatoms. The van der Waals surface area contributed by atoms with Crippen molar-refractivity contribution < 1.29 is 9.37 Å². The second kappa shape index (κ2) is 6.49. The van der Waals surface area contributed by atoms with Gasteiger partial charge in [0.25, 0.3) is 0 Å². The maximum atomic E-state index is 5.74. The molecule has 0 amide bonds. The molecule has 0 unspecified atom stereocenters. The normalized spacial score (nSPS) is 10.7. The Hall–Kier alpha value is -0.920. The summed E-state index contributed by atoms with van der Waals surface area (Å²) in [6, 6.07) is 4.00. The Labute approximate surface area is 127 Å². The average Bonchev–Trinajstić information content (AvgIpc) is 2.74. The van der Waals surface area contributed by atoms with Gasteiger partial charge in [-0.1, -0.05) is 10.3 Å². The van der Waals surface area contributed by atoms with Gasteiger partial charge in [-0.15, -0.1) is 0 Å². The van der Waals surface area contributed by atoms with E-state index in [2.05, 4.69) is 46.8 Å². The smallest absolute Gasteiger partial charge is 0.148 e. The molecule has 2 N–H and O–H groups in total. The van der Waals surface area contributed by atoms with Crippen LogP contribution in [0, 0.1) is 6.92 Å². The largest absolute Gasteiger partial charge is 0.485 e. The predicted octanol–water partition coefficient (Wildman–Crippen LogP) is 2.98. The Morgan fingerprint density at radius 2 is 1.95 bits per heavy atom. The van der Waals surface area contributed by atoms with Crippen molar-refractivity contribution in [1.29, 1.82) is 0 Å².